The van der Waals surface area contributed by atoms with Crippen molar-refractivity contribution in [1.29, 1.82) is 0 Å². The molecule has 3 aromatic rings. The van der Waals surface area contributed by atoms with E-state index in [2.05, 4.69) is 33.7 Å². The maximum Gasteiger partial charge on any atom is 0.215 e. The Hall–Kier alpha value is -2.33. The van der Waals surface area contributed by atoms with Crippen molar-refractivity contribution in [3.8, 4) is 0 Å². The van der Waals surface area contributed by atoms with Gasteiger partial charge < -0.3 is 9.64 Å². The lowest BCUT2D eigenvalue weighted by Gasteiger charge is -2.35. The Morgan fingerprint density at radius 2 is 1.77 bits per heavy atom. The first-order chi connectivity index (χ1) is 16.9. The molecule has 8 nitrogen and oxygen atoms in total. The average molecular weight is 500 g/mol. The molecule has 0 aliphatic heterocycles. The number of nitrogens with zero attached hydrogens (tertiary/aromatic N) is 4. The van der Waals surface area contributed by atoms with E-state index in [0.717, 1.165) is 37.1 Å². The molecule has 2 heterocycles. The highest BCUT2D eigenvalue weighted by molar-refractivity contribution is 7.90. The fraction of sp³-hybridized carbons (Fsp3) is 0.538. The summed E-state index contributed by atoms with van der Waals surface area (Å²) in [5.74, 6) is 0.539. The van der Waals surface area contributed by atoms with E-state index in [1.54, 1.807) is 0 Å². The summed E-state index contributed by atoms with van der Waals surface area (Å²) in [6.45, 7) is 8.87. The lowest BCUT2D eigenvalue weighted by Crippen LogP contribution is -2.44. The smallest absolute Gasteiger partial charge is 0.215 e. The first-order valence-electron chi connectivity index (χ1n) is 12.6. The Bertz CT molecular complexity index is 1190. The highest BCUT2D eigenvalue weighted by Gasteiger charge is 2.35. The van der Waals surface area contributed by atoms with Crippen molar-refractivity contribution in [2.45, 2.75) is 70.4 Å². The normalized spacial score (nSPS) is 19.9. The standard InChI is InChI=1S/C26H37N5O3S/c1-4-30(5-2)22-12-14-23(15-13-22)35(32,33)29-24(19-34-18-21-9-7-6-8-10-21)26-28-27-25-16-11-20(3)17-31(25)26/h6-11,16-17,22-24,29H,4-5,12-15,18-19H2,1-3H3. The summed E-state index contributed by atoms with van der Waals surface area (Å²) in [6, 6.07) is 13.5. The monoisotopic (exact) mass is 499 g/mol. The van der Waals surface area contributed by atoms with E-state index in [0.29, 0.717) is 37.0 Å². The van der Waals surface area contributed by atoms with E-state index in [1.807, 2.05) is 60.0 Å². The van der Waals surface area contributed by atoms with Gasteiger partial charge in [-0.05, 0) is 62.9 Å². The largest absolute Gasteiger partial charge is 0.375 e. The molecule has 1 unspecified atom stereocenters. The Morgan fingerprint density at radius 3 is 2.46 bits per heavy atom. The molecule has 1 aliphatic rings. The van der Waals surface area contributed by atoms with Gasteiger partial charge in [0.2, 0.25) is 10.0 Å². The van der Waals surface area contributed by atoms with Gasteiger partial charge in [-0.15, -0.1) is 10.2 Å². The molecule has 0 spiro atoms. The molecule has 4 rings (SSSR count). The zero-order valence-electron chi connectivity index (χ0n) is 20.9. The third kappa shape index (κ3) is 6.27. The third-order valence-corrected chi connectivity index (χ3v) is 8.96. The fourth-order valence-corrected chi connectivity index (χ4v) is 6.69. The third-order valence-electron chi connectivity index (χ3n) is 7.00. The first-order valence-corrected chi connectivity index (χ1v) is 14.1. The summed E-state index contributed by atoms with van der Waals surface area (Å²) < 4.78 is 37.8. The molecule has 2 aromatic heterocycles. The molecule has 1 fully saturated rings. The number of rotatable bonds is 11. The van der Waals surface area contributed by atoms with Crippen LogP contribution in [0.3, 0.4) is 0 Å². The number of aromatic nitrogens is 3. The maximum atomic E-state index is 13.5. The van der Waals surface area contributed by atoms with Crippen LogP contribution in [0.2, 0.25) is 0 Å². The predicted molar refractivity (Wildman–Crippen MR) is 138 cm³/mol. The number of hydrogen-bond acceptors (Lipinski definition) is 6. The minimum Gasteiger partial charge on any atom is -0.375 e. The van der Waals surface area contributed by atoms with Crippen molar-refractivity contribution in [2.24, 2.45) is 0 Å². The molecule has 1 aliphatic carbocycles. The quantitative estimate of drug-likeness (QED) is 0.431. The van der Waals surface area contributed by atoms with Gasteiger partial charge in [0.15, 0.2) is 11.5 Å². The molecule has 1 N–H and O–H groups in total. The van der Waals surface area contributed by atoms with E-state index in [-0.39, 0.29) is 6.61 Å². The van der Waals surface area contributed by atoms with Crippen LogP contribution in [-0.4, -0.2) is 58.9 Å². The van der Waals surface area contributed by atoms with Crippen LogP contribution in [0.25, 0.3) is 5.65 Å². The topological polar surface area (TPSA) is 88.8 Å². The Labute approximate surface area is 208 Å². The SMILES string of the molecule is CCN(CC)C1CCC(S(=O)(=O)NC(COCc2ccccc2)c2nnc3ccc(C)cn23)CC1. The highest BCUT2D eigenvalue weighted by Crippen LogP contribution is 2.28. The van der Waals surface area contributed by atoms with E-state index >= 15 is 0 Å². The number of sulfonamides is 1. The average Bonchev–Trinajstić information content (AvgIpc) is 3.28. The first kappa shape index (κ1) is 25.8. The molecule has 0 radical (unpaired) electrons. The second-order valence-electron chi connectivity index (χ2n) is 9.36. The van der Waals surface area contributed by atoms with Crippen LogP contribution in [0.1, 0.15) is 62.5 Å². The Balaban J connectivity index is 1.51. The van der Waals surface area contributed by atoms with Gasteiger partial charge in [0.05, 0.1) is 18.5 Å². The van der Waals surface area contributed by atoms with Gasteiger partial charge in [-0.3, -0.25) is 4.40 Å². The zero-order valence-corrected chi connectivity index (χ0v) is 21.7. The molecule has 190 valence electrons. The van der Waals surface area contributed by atoms with Gasteiger partial charge in [-0.25, -0.2) is 13.1 Å². The number of aryl methyl sites for hydroxylation is 1. The second-order valence-corrected chi connectivity index (χ2v) is 11.4. The van der Waals surface area contributed by atoms with Crippen molar-refractivity contribution in [3.05, 3.63) is 65.6 Å². The van der Waals surface area contributed by atoms with Gasteiger partial charge >= 0.3 is 0 Å². The fourth-order valence-electron chi connectivity index (χ4n) is 5.04. The number of hydrogen-bond donors (Lipinski definition) is 1. The van der Waals surface area contributed by atoms with Gasteiger partial charge in [0, 0.05) is 12.2 Å². The van der Waals surface area contributed by atoms with Crippen LogP contribution in [0, 0.1) is 6.92 Å². The number of pyridine rings is 1. The Morgan fingerprint density at radius 1 is 1.06 bits per heavy atom. The second kappa shape index (κ2) is 11.6. The molecule has 0 bridgehead atoms. The molecule has 0 saturated heterocycles. The molecule has 1 saturated carbocycles. The summed E-state index contributed by atoms with van der Waals surface area (Å²) in [7, 11) is -3.57. The predicted octanol–water partition coefficient (Wildman–Crippen LogP) is 3.87. The van der Waals surface area contributed by atoms with E-state index < -0.39 is 21.3 Å². The van der Waals surface area contributed by atoms with Gasteiger partial charge in [-0.2, -0.15) is 0 Å². The van der Waals surface area contributed by atoms with E-state index in [9.17, 15) is 8.42 Å². The molecule has 1 atom stereocenters. The molecule has 9 heteroatoms. The molecular weight excluding hydrogens is 462 g/mol. The van der Waals surface area contributed by atoms with Gasteiger partial charge in [0.1, 0.15) is 6.04 Å². The summed E-state index contributed by atoms with van der Waals surface area (Å²) >= 11 is 0. The minimum atomic E-state index is -3.57. The zero-order chi connectivity index (χ0) is 24.8. The lowest BCUT2D eigenvalue weighted by molar-refractivity contribution is 0.102. The maximum absolute atomic E-state index is 13.5. The number of fused-ring (bicyclic) bond motifs is 1. The van der Waals surface area contributed by atoms with Crippen molar-refractivity contribution in [2.75, 3.05) is 19.7 Å². The highest BCUT2D eigenvalue weighted by atomic mass is 32.2. The molecular formula is C26H37N5O3S. The summed E-state index contributed by atoms with van der Waals surface area (Å²) in [5.41, 5.74) is 2.75. The molecule has 1 aromatic carbocycles. The van der Waals surface area contributed by atoms with E-state index in [1.165, 1.54) is 0 Å². The van der Waals surface area contributed by atoms with Crippen LogP contribution in [-0.2, 0) is 21.4 Å². The van der Waals surface area contributed by atoms with Crippen molar-refractivity contribution < 1.29 is 13.2 Å². The minimum absolute atomic E-state index is 0.164. The summed E-state index contributed by atoms with van der Waals surface area (Å²) in [5, 5.41) is 8.19. The lowest BCUT2D eigenvalue weighted by atomic mass is 9.94. The van der Waals surface area contributed by atoms with E-state index in [4.69, 9.17) is 4.74 Å². The van der Waals surface area contributed by atoms with Crippen LogP contribution in [0.15, 0.2) is 48.7 Å². The summed E-state index contributed by atoms with van der Waals surface area (Å²) in [6.07, 6.45) is 5.05. The number of ether oxygens (including phenoxy) is 1. The van der Waals surface area contributed by atoms with Crippen LogP contribution >= 0.6 is 0 Å². The number of nitrogens with one attached hydrogen (secondary N) is 1. The van der Waals surface area contributed by atoms with Crippen molar-refractivity contribution >= 4 is 15.7 Å². The van der Waals surface area contributed by atoms with Crippen LogP contribution in [0.5, 0.6) is 0 Å². The molecule has 0 amide bonds. The van der Waals surface area contributed by atoms with Crippen molar-refractivity contribution in [1.82, 2.24) is 24.2 Å². The number of benzene rings is 1. The van der Waals surface area contributed by atoms with Crippen LogP contribution < -0.4 is 4.72 Å². The van der Waals surface area contributed by atoms with Gasteiger partial charge in [0.25, 0.3) is 0 Å². The Kier molecular flexibility index (Phi) is 8.54. The molecule has 35 heavy (non-hydrogen) atoms. The van der Waals surface area contributed by atoms with Crippen molar-refractivity contribution in [3.63, 3.8) is 0 Å². The summed E-state index contributed by atoms with van der Waals surface area (Å²) in [4.78, 5) is 2.43. The van der Waals surface area contributed by atoms with Gasteiger partial charge in [-0.1, -0.05) is 50.2 Å². The van der Waals surface area contributed by atoms with Crippen LogP contribution in [0.4, 0.5) is 0 Å².